The minimum Gasteiger partial charge on any atom is -0.505 e. The number of carbonyl (C=O) groups is 3. The number of cyclic esters (lactones) is 2. The molecule has 2 aliphatic rings. The third kappa shape index (κ3) is 3.79. The molecule has 2 heterocycles. The van der Waals surface area contributed by atoms with Crippen LogP contribution in [0.2, 0.25) is 0 Å². The molecule has 2 fully saturated rings. The minimum absolute atomic E-state index is 0.104. The van der Waals surface area contributed by atoms with Gasteiger partial charge in [0.15, 0.2) is 5.69 Å². The topological polar surface area (TPSA) is 115 Å². The van der Waals surface area contributed by atoms with Crippen molar-refractivity contribution in [1.82, 2.24) is 10.3 Å². The van der Waals surface area contributed by atoms with Crippen LogP contribution in [0.25, 0.3) is 0 Å². The van der Waals surface area contributed by atoms with Crippen LogP contribution in [0.5, 0.6) is 5.75 Å². The van der Waals surface area contributed by atoms with Crippen LogP contribution in [-0.2, 0) is 19.1 Å². The van der Waals surface area contributed by atoms with Crippen LogP contribution >= 0.6 is 0 Å². The lowest BCUT2D eigenvalue weighted by Gasteiger charge is -2.26. The van der Waals surface area contributed by atoms with Crippen LogP contribution in [-0.4, -0.2) is 47.2 Å². The number of amides is 1. The molecule has 1 saturated carbocycles. The standard InChI is InChI=1S/C18H22N2O6/c1-10-6-7-19-14(15(10)21)16(22)20-11-8-25-17(23)12-4-2-3-5-13(12)18(24)26-9-11/h6-7,11-13,21H,2-5,8-9H2,1H3,(H,20,22)/t12-,13-/m0/s1. The summed E-state index contributed by atoms with van der Waals surface area (Å²) in [6.45, 7) is 1.44. The molecule has 1 aliphatic heterocycles. The number of aromatic hydroxyl groups is 1. The first-order valence-corrected chi connectivity index (χ1v) is 8.76. The zero-order valence-corrected chi connectivity index (χ0v) is 14.6. The maximum Gasteiger partial charge on any atom is 0.309 e. The van der Waals surface area contributed by atoms with E-state index in [2.05, 4.69) is 10.3 Å². The highest BCUT2D eigenvalue weighted by Gasteiger charge is 2.39. The van der Waals surface area contributed by atoms with Gasteiger partial charge in [0.05, 0.1) is 17.9 Å². The summed E-state index contributed by atoms with van der Waals surface area (Å²) in [6, 6.07) is 0.870. The Labute approximate surface area is 150 Å². The van der Waals surface area contributed by atoms with E-state index in [9.17, 15) is 19.5 Å². The van der Waals surface area contributed by atoms with Gasteiger partial charge in [-0.15, -0.1) is 0 Å². The van der Waals surface area contributed by atoms with Crippen molar-refractivity contribution in [1.29, 1.82) is 0 Å². The largest absolute Gasteiger partial charge is 0.505 e. The van der Waals surface area contributed by atoms with Crippen molar-refractivity contribution < 1.29 is 29.0 Å². The second-order valence-corrected chi connectivity index (χ2v) is 6.75. The Kier molecular flexibility index (Phi) is 5.39. The number of hydrogen-bond donors (Lipinski definition) is 2. The smallest absolute Gasteiger partial charge is 0.309 e. The highest BCUT2D eigenvalue weighted by Crippen LogP contribution is 2.32. The first-order valence-electron chi connectivity index (χ1n) is 8.76. The Morgan fingerprint density at radius 1 is 1.15 bits per heavy atom. The van der Waals surface area contributed by atoms with E-state index in [0.717, 1.165) is 12.8 Å². The van der Waals surface area contributed by atoms with Gasteiger partial charge in [0.1, 0.15) is 19.0 Å². The van der Waals surface area contributed by atoms with Gasteiger partial charge in [-0.2, -0.15) is 0 Å². The monoisotopic (exact) mass is 362 g/mol. The predicted molar refractivity (Wildman–Crippen MR) is 89.3 cm³/mol. The van der Waals surface area contributed by atoms with Gasteiger partial charge in [0, 0.05) is 6.20 Å². The fourth-order valence-corrected chi connectivity index (χ4v) is 3.38. The summed E-state index contributed by atoms with van der Waals surface area (Å²) >= 11 is 0. The van der Waals surface area contributed by atoms with Crippen molar-refractivity contribution in [2.24, 2.45) is 11.8 Å². The summed E-state index contributed by atoms with van der Waals surface area (Å²) in [7, 11) is 0. The number of aryl methyl sites for hydroxylation is 1. The molecular weight excluding hydrogens is 340 g/mol. The third-order valence-electron chi connectivity index (χ3n) is 4.90. The number of carbonyl (C=O) groups excluding carboxylic acids is 3. The average molecular weight is 362 g/mol. The summed E-state index contributed by atoms with van der Waals surface area (Å²) < 4.78 is 10.6. The van der Waals surface area contributed by atoms with Crippen LogP contribution < -0.4 is 5.32 Å². The molecule has 0 bridgehead atoms. The van der Waals surface area contributed by atoms with Gasteiger partial charge in [-0.25, -0.2) is 4.98 Å². The second kappa shape index (κ2) is 7.72. The van der Waals surface area contributed by atoms with Gasteiger partial charge in [0.25, 0.3) is 5.91 Å². The summed E-state index contributed by atoms with van der Waals surface area (Å²) in [5, 5.41) is 12.6. The zero-order valence-electron chi connectivity index (χ0n) is 14.6. The highest BCUT2D eigenvalue weighted by atomic mass is 16.6. The molecular formula is C18H22N2O6. The van der Waals surface area contributed by atoms with Crippen LogP contribution in [0.3, 0.4) is 0 Å². The quantitative estimate of drug-likeness (QED) is 0.757. The van der Waals surface area contributed by atoms with Crippen LogP contribution in [0, 0.1) is 18.8 Å². The molecule has 2 N–H and O–H groups in total. The normalized spacial score (nSPS) is 24.3. The Balaban J connectivity index is 1.71. The minimum atomic E-state index is -0.711. The van der Waals surface area contributed by atoms with Crippen LogP contribution in [0.4, 0.5) is 0 Å². The van der Waals surface area contributed by atoms with Gasteiger partial charge < -0.3 is 19.9 Å². The molecule has 2 atom stereocenters. The molecule has 8 heteroatoms. The lowest BCUT2D eigenvalue weighted by Crippen LogP contribution is -2.42. The number of aromatic nitrogens is 1. The first-order chi connectivity index (χ1) is 12.5. The molecule has 0 unspecified atom stereocenters. The SMILES string of the molecule is Cc1ccnc(C(=O)NC2COC(=O)[C@H]3CCCC[C@@H]3C(=O)OC2)c1O. The molecule has 1 aliphatic carbocycles. The molecule has 0 aromatic carbocycles. The van der Waals surface area contributed by atoms with Gasteiger partial charge in [0.2, 0.25) is 0 Å². The lowest BCUT2D eigenvalue weighted by molar-refractivity contribution is -0.159. The predicted octanol–water partition coefficient (Wildman–Crippen LogP) is 1.10. The molecule has 3 rings (SSSR count). The van der Waals surface area contributed by atoms with E-state index in [1.165, 1.54) is 6.20 Å². The van der Waals surface area contributed by atoms with E-state index in [0.29, 0.717) is 18.4 Å². The van der Waals surface area contributed by atoms with Crippen molar-refractivity contribution in [2.45, 2.75) is 38.6 Å². The Morgan fingerprint density at radius 2 is 1.73 bits per heavy atom. The van der Waals surface area contributed by atoms with Gasteiger partial charge >= 0.3 is 11.9 Å². The summed E-state index contributed by atoms with van der Waals surface area (Å²) in [5.74, 6) is -2.65. The van der Waals surface area contributed by atoms with Crippen molar-refractivity contribution in [3.8, 4) is 5.75 Å². The molecule has 0 spiro atoms. The summed E-state index contributed by atoms with van der Waals surface area (Å²) in [6.07, 6.45) is 4.38. The van der Waals surface area contributed by atoms with Crippen molar-refractivity contribution >= 4 is 17.8 Å². The molecule has 8 nitrogen and oxygen atoms in total. The van der Waals surface area contributed by atoms with E-state index >= 15 is 0 Å². The summed E-state index contributed by atoms with van der Waals surface area (Å²) in [4.78, 5) is 40.9. The Morgan fingerprint density at radius 3 is 2.31 bits per heavy atom. The maximum atomic E-state index is 12.4. The maximum absolute atomic E-state index is 12.4. The number of hydrogen-bond acceptors (Lipinski definition) is 7. The third-order valence-corrected chi connectivity index (χ3v) is 4.90. The fraction of sp³-hybridized carbons (Fsp3) is 0.556. The van der Waals surface area contributed by atoms with E-state index < -0.39 is 35.7 Å². The number of nitrogens with one attached hydrogen (secondary N) is 1. The van der Waals surface area contributed by atoms with E-state index in [1.54, 1.807) is 13.0 Å². The van der Waals surface area contributed by atoms with Gasteiger partial charge in [-0.3, -0.25) is 14.4 Å². The van der Waals surface area contributed by atoms with Crippen molar-refractivity contribution in [3.05, 3.63) is 23.5 Å². The number of rotatable bonds is 2. The zero-order chi connectivity index (χ0) is 18.7. The van der Waals surface area contributed by atoms with Crippen LogP contribution in [0.15, 0.2) is 12.3 Å². The number of nitrogens with zero attached hydrogens (tertiary/aromatic N) is 1. The fourth-order valence-electron chi connectivity index (χ4n) is 3.38. The number of pyridine rings is 1. The number of esters is 2. The van der Waals surface area contributed by atoms with Crippen molar-refractivity contribution in [2.75, 3.05) is 13.2 Å². The molecule has 0 radical (unpaired) electrons. The molecule has 1 saturated heterocycles. The van der Waals surface area contributed by atoms with E-state index in [4.69, 9.17) is 9.47 Å². The van der Waals surface area contributed by atoms with Gasteiger partial charge in [-0.05, 0) is 31.4 Å². The second-order valence-electron chi connectivity index (χ2n) is 6.75. The molecule has 1 aromatic heterocycles. The van der Waals surface area contributed by atoms with Crippen molar-refractivity contribution in [3.63, 3.8) is 0 Å². The molecule has 1 amide bonds. The summed E-state index contributed by atoms with van der Waals surface area (Å²) in [5.41, 5.74) is 0.387. The molecule has 26 heavy (non-hydrogen) atoms. The molecule has 1 aromatic rings. The number of ether oxygens (including phenoxy) is 2. The van der Waals surface area contributed by atoms with Crippen LogP contribution in [0.1, 0.15) is 41.7 Å². The highest BCUT2D eigenvalue weighted by molar-refractivity contribution is 5.95. The first kappa shape index (κ1) is 18.2. The van der Waals surface area contributed by atoms with E-state index in [1.807, 2.05) is 0 Å². The Hall–Kier alpha value is -2.64. The lowest BCUT2D eigenvalue weighted by atomic mass is 9.79. The number of fused-ring (bicyclic) bond motifs is 1. The van der Waals surface area contributed by atoms with E-state index in [-0.39, 0.29) is 24.7 Å². The average Bonchev–Trinajstić information content (AvgIpc) is 2.69. The van der Waals surface area contributed by atoms with Gasteiger partial charge in [-0.1, -0.05) is 12.8 Å². The molecule has 140 valence electrons. The Bertz CT molecular complexity index is 692.